The molecule has 1 unspecified atom stereocenters. The number of anilines is 2. The van der Waals surface area contributed by atoms with E-state index in [2.05, 4.69) is 10.6 Å². The Balaban J connectivity index is 1.60. The van der Waals surface area contributed by atoms with E-state index in [1.807, 2.05) is 6.07 Å². The maximum Gasteiger partial charge on any atom is 0.416 e. The summed E-state index contributed by atoms with van der Waals surface area (Å²) in [4.78, 5) is 41.6. The van der Waals surface area contributed by atoms with E-state index >= 15 is 0 Å². The number of nitriles is 1. The average Bonchev–Trinajstić information content (AvgIpc) is 3.28. The van der Waals surface area contributed by atoms with Crippen LogP contribution in [-0.4, -0.2) is 31.4 Å². The van der Waals surface area contributed by atoms with Crippen LogP contribution in [0.4, 0.5) is 29.3 Å². The Morgan fingerprint density at radius 1 is 1.03 bits per heavy atom. The molecule has 2 aliphatic rings. The summed E-state index contributed by atoms with van der Waals surface area (Å²) in [5.41, 5.74) is 1.17. The number of carbonyl (C=O) groups excluding carboxylic acids is 3. The summed E-state index contributed by atoms with van der Waals surface area (Å²) in [7, 11) is 1.49. The van der Waals surface area contributed by atoms with Gasteiger partial charge in [-0.1, -0.05) is 18.2 Å². The van der Waals surface area contributed by atoms with Gasteiger partial charge in [0.25, 0.3) is 11.8 Å². The molecule has 8 nitrogen and oxygen atoms in total. The van der Waals surface area contributed by atoms with Crippen LogP contribution in [0, 0.1) is 11.3 Å². The lowest BCUT2D eigenvalue weighted by Crippen LogP contribution is -2.47. The number of urea groups is 1. The first-order valence-electron chi connectivity index (χ1n) is 11.8. The number of hydrogen-bond donors (Lipinski definition) is 2. The first-order chi connectivity index (χ1) is 18.6. The molecule has 0 spiro atoms. The molecule has 11 heteroatoms. The Kier molecular flexibility index (Phi) is 6.32. The number of halogens is 3. The minimum atomic E-state index is -4.63. The quantitative estimate of drug-likeness (QED) is 0.517. The highest BCUT2D eigenvalue weighted by molar-refractivity contribution is 6.15. The molecule has 3 aromatic rings. The SMILES string of the molecule is CNC(=O)c1ccc(N2CC3=C(C2=O)C(c2ccc(C#N)cc2)NC(=O)N3c2cccc(C(F)(F)F)c2)cc1. The van der Waals surface area contributed by atoms with Crippen molar-refractivity contribution in [2.45, 2.75) is 12.2 Å². The predicted molar refractivity (Wildman–Crippen MR) is 136 cm³/mol. The van der Waals surface area contributed by atoms with E-state index in [1.165, 1.54) is 24.1 Å². The van der Waals surface area contributed by atoms with Crippen LogP contribution in [0.1, 0.15) is 33.1 Å². The first-order valence-corrected chi connectivity index (χ1v) is 11.8. The fraction of sp³-hybridized carbons (Fsp3) is 0.143. The number of amides is 4. The van der Waals surface area contributed by atoms with Crippen molar-refractivity contribution in [1.29, 1.82) is 5.26 Å². The second kappa shape index (κ2) is 9.64. The molecule has 0 aliphatic carbocycles. The third-order valence-electron chi connectivity index (χ3n) is 6.60. The molecule has 0 radical (unpaired) electrons. The van der Waals surface area contributed by atoms with E-state index < -0.39 is 29.7 Å². The zero-order valence-corrected chi connectivity index (χ0v) is 20.4. The zero-order chi connectivity index (χ0) is 27.9. The molecule has 0 aromatic heterocycles. The molecule has 0 saturated carbocycles. The van der Waals surface area contributed by atoms with E-state index in [-0.39, 0.29) is 29.4 Å². The van der Waals surface area contributed by atoms with Crippen LogP contribution in [0.25, 0.3) is 0 Å². The van der Waals surface area contributed by atoms with Gasteiger partial charge in [0.1, 0.15) is 0 Å². The minimum Gasteiger partial charge on any atom is -0.355 e. The normalized spacial score (nSPS) is 17.1. The standard InChI is InChI=1S/C28H20F3N5O3/c1-33-25(37)18-9-11-20(12-10-18)35-15-22-23(26(35)38)24(17-7-5-16(14-32)6-8-17)34-27(39)36(22)21-4-2-3-19(13-21)28(29,30)31/h2-13,24H,15H2,1H3,(H,33,37)(H,34,39). The van der Waals surface area contributed by atoms with Crippen molar-refractivity contribution in [3.63, 3.8) is 0 Å². The second-order valence-electron chi connectivity index (χ2n) is 8.88. The Hall–Kier alpha value is -5.11. The third-order valence-corrected chi connectivity index (χ3v) is 6.60. The summed E-state index contributed by atoms with van der Waals surface area (Å²) in [5, 5.41) is 14.4. The molecule has 5 rings (SSSR count). The molecule has 2 heterocycles. The number of alkyl halides is 3. The van der Waals surface area contributed by atoms with Crippen LogP contribution in [0.3, 0.4) is 0 Å². The van der Waals surface area contributed by atoms with E-state index in [1.54, 1.807) is 48.5 Å². The Morgan fingerprint density at radius 3 is 2.33 bits per heavy atom. The van der Waals surface area contributed by atoms with Crippen molar-refractivity contribution in [2.24, 2.45) is 0 Å². The van der Waals surface area contributed by atoms with E-state index in [0.29, 0.717) is 22.4 Å². The Morgan fingerprint density at radius 2 is 1.72 bits per heavy atom. The first kappa shape index (κ1) is 25.5. The van der Waals surface area contributed by atoms with Gasteiger partial charge in [-0.25, -0.2) is 4.79 Å². The topological polar surface area (TPSA) is 106 Å². The van der Waals surface area contributed by atoms with Crippen LogP contribution < -0.4 is 20.4 Å². The lowest BCUT2D eigenvalue weighted by Gasteiger charge is -2.33. The molecule has 0 saturated heterocycles. The van der Waals surface area contributed by atoms with Crippen LogP contribution in [0.5, 0.6) is 0 Å². The van der Waals surface area contributed by atoms with E-state index in [9.17, 15) is 27.6 Å². The fourth-order valence-corrected chi connectivity index (χ4v) is 4.68. The van der Waals surface area contributed by atoms with Gasteiger partial charge in [-0.15, -0.1) is 0 Å². The summed E-state index contributed by atoms with van der Waals surface area (Å²) in [6.45, 7) is -0.0933. The van der Waals surface area contributed by atoms with Gasteiger partial charge in [0.05, 0.1) is 46.7 Å². The number of nitrogens with zero attached hydrogens (tertiary/aromatic N) is 3. The van der Waals surface area contributed by atoms with Crippen LogP contribution in [0.15, 0.2) is 84.1 Å². The number of nitrogens with one attached hydrogen (secondary N) is 2. The number of hydrogen-bond acceptors (Lipinski definition) is 4. The molecule has 0 bridgehead atoms. The lowest BCUT2D eigenvalue weighted by molar-refractivity contribution is -0.137. The number of carbonyl (C=O) groups is 3. The molecule has 1 atom stereocenters. The van der Waals surface area contributed by atoms with Gasteiger partial charge >= 0.3 is 12.2 Å². The van der Waals surface area contributed by atoms with Crippen LogP contribution in [-0.2, 0) is 11.0 Å². The molecule has 3 aromatic carbocycles. The van der Waals surface area contributed by atoms with Gasteiger partial charge < -0.3 is 15.5 Å². The van der Waals surface area contributed by atoms with E-state index in [4.69, 9.17) is 5.26 Å². The van der Waals surface area contributed by atoms with Crippen molar-refractivity contribution in [1.82, 2.24) is 10.6 Å². The molecule has 2 aliphatic heterocycles. The van der Waals surface area contributed by atoms with Gasteiger partial charge in [0.2, 0.25) is 0 Å². The van der Waals surface area contributed by atoms with E-state index in [0.717, 1.165) is 17.0 Å². The highest BCUT2D eigenvalue weighted by atomic mass is 19.4. The summed E-state index contributed by atoms with van der Waals surface area (Å²) < 4.78 is 40.4. The molecular weight excluding hydrogens is 511 g/mol. The monoisotopic (exact) mass is 531 g/mol. The Bertz CT molecular complexity index is 1560. The average molecular weight is 531 g/mol. The molecule has 4 amide bonds. The van der Waals surface area contributed by atoms with Gasteiger partial charge in [-0.2, -0.15) is 18.4 Å². The van der Waals surface area contributed by atoms with Gasteiger partial charge in [-0.3, -0.25) is 14.5 Å². The van der Waals surface area contributed by atoms with Crippen molar-refractivity contribution in [3.8, 4) is 6.07 Å². The fourth-order valence-electron chi connectivity index (χ4n) is 4.68. The Labute approximate surface area is 220 Å². The molecule has 2 N–H and O–H groups in total. The predicted octanol–water partition coefficient (Wildman–Crippen LogP) is 4.51. The maximum atomic E-state index is 13.8. The van der Waals surface area contributed by atoms with Crippen molar-refractivity contribution in [3.05, 3.63) is 106 Å². The summed E-state index contributed by atoms with van der Waals surface area (Å²) >= 11 is 0. The second-order valence-corrected chi connectivity index (χ2v) is 8.88. The van der Waals surface area contributed by atoms with Crippen LogP contribution in [0.2, 0.25) is 0 Å². The van der Waals surface area contributed by atoms with Crippen molar-refractivity contribution >= 4 is 29.2 Å². The lowest BCUT2D eigenvalue weighted by atomic mass is 9.94. The minimum absolute atomic E-state index is 0.0438. The number of rotatable bonds is 4. The van der Waals surface area contributed by atoms with Gasteiger partial charge in [0, 0.05) is 18.3 Å². The molecule has 39 heavy (non-hydrogen) atoms. The highest BCUT2D eigenvalue weighted by Crippen LogP contribution is 2.41. The summed E-state index contributed by atoms with van der Waals surface area (Å²) in [6, 6.07) is 17.3. The van der Waals surface area contributed by atoms with Gasteiger partial charge in [-0.05, 0) is 60.2 Å². The van der Waals surface area contributed by atoms with Crippen LogP contribution >= 0.6 is 0 Å². The van der Waals surface area contributed by atoms with Crippen molar-refractivity contribution in [2.75, 3.05) is 23.4 Å². The summed E-state index contributed by atoms with van der Waals surface area (Å²) in [6.07, 6.45) is -4.63. The van der Waals surface area contributed by atoms with Gasteiger partial charge in [0.15, 0.2) is 0 Å². The smallest absolute Gasteiger partial charge is 0.355 e. The largest absolute Gasteiger partial charge is 0.416 e. The maximum absolute atomic E-state index is 13.8. The highest BCUT2D eigenvalue weighted by Gasteiger charge is 2.45. The molecule has 196 valence electrons. The molecular formula is C28H20F3N5O3. The van der Waals surface area contributed by atoms with Crippen molar-refractivity contribution < 1.29 is 27.6 Å². The molecule has 0 fully saturated rings. The number of benzene rings is 3. The zero-order valence-electron chi connectivity index (χ0n) is 20.4. The summed E-state index contributed by atoms with van der Waals surface area (Å²) in [5.74, 6) is -0.762. The third kappa shape index (κ3) is 4.57.